The zero-order valence-electron chi connectivity index (χ0n) is 9.48. The summed E-state index contributed by atoms with van der Waals surface area (Å²) in [6, 6.07) is 8.51. The van der Waals surface area contributed by atoms with Crippen LogP contribution in [0.4, 0.5) is 0 Å². The highest BCUT2D eigenvalue weighted by atomic mass is 16.5. The molecule has 0 spiro atoms. The van der Waals surface area contributed by atoms with Gasteiger partial charge in [0.25, 0.3) is 0 Å². The molecular formula is C14H18O2. The summed E-state index contributed by atoms with van der Waals surface area (Å²) in [4.78, 5) is 0. The molecule has 16 heavy (non-hydrogen) atoms. The summed E-state index contributed by atoms with van der Waals surface area (Å²) >= 11 is 0. The van der Waals surface area contributed by atoms with Crippen molar-refractivity contribution in [2.75, 3.05) is 13.2 Å². The average molecular weight is 218 g/mol. The van der Waals surface area contributed by atoms with Crippen LogP contribution in [0.2, 0.25) is 0 Å². The highest BCUT2D eigenvalue weighted by molar-refractivity contribution is 5.33. The first kappa shape index (κ1) is 10.3. The maximum atomic E-state index is 10.1. The van der Waals surface area contributed by atoms with Gasteiger partial charge in [0.05, 0.1) is 5.60 Å². The molecule has 0 atom stereocenters. The van der Waals surface area contributed by atoms with Crippen LogP contribution >= 0.6 is 0 Å². The maximum absolute atomic E-state index is 10.1. The largest absolute Gasteiger partial charge is 0.385 e. The third kappa shape index (κ3) is 1.87. The molecule has 1 saturated heterocycles. The molecule has 0 amide bonds. The van der Waals surface area contributed by atoms with Gasteiger partial charge in [-0.2, -0.15) is 0 Å². The van der Waals surface area contributed by atoms with E-state index in [9.17, 15) is 5.11 Å². The first-order chi connectivity index (χ1) is 7.78. The standard InChI is InChI=1S/C14H18O2/c15-14(6-7-14)13-3-1-2-12(10-13)11-4-8-16-9-5-11/h1-3,10-11,15H,4-9H2. The molecule has 1 aromatic carbocycles. The highest BCUT2D eigenvalue weighted by Crippen LogP contribution is 2.45. The third-order valence-electron chi connectivity index (χ3n) is 3.84. The Bertz CT molecular complexity index is 376. The summed E-state index contributed by atoms with van der Waals surface area (Å²) in [6.45, 7) is 1.75. The molecule has 86 valence electrons. The van der Waals surface area contributed by atoms with Gasteiger partial charge in [-0.3, -0.25) is 0 Å². The third-order valence-corrected chi connectivity index (χ3v) is 3.84. The molecular weight excluding hydrogens is 200 g/mol. The fourth-order valence-corrected chi connectivity index (χ4v) is 2.52. The Morgan fingerprint density at radius 2 is 1.94 bits per heavy atom. The maximum Gasteiger partial charge on any atom is 0.0899 e. The van der Waals surface area contributed by atoms with E-state index < -0.39 is 5.60 Å². The molecule has 0 bridgehead atoms. The Balaban J connectivity index is 1.84. The van der Waals surface area contributed by atoms with E-state index in [4.69, 9.17) is 4.74 Å². The second-order valence-electron chi connectivity index (χ2n) is 5.04. The van der Waals surface area contributed by atoms with Crippen molar-refractivity contribution in [3.8, 4) is 0 Å². The number of ether oxygens (including phenoxy) is 1. The lowest BCUT2D eigenvalue weighted by Gasteiger charge is -2.23. The normalized spacial score (nSPS) is 24.3. The van der Waals surface area contributed by atoms with Gasteiger partial charge in [0.2, 0.25) is 0 Å². The minimum absolute atomic E-state index is 0.499. The second kappa shape index (κ2) is 3.86. The second-order valence-corrected chi connectivity index (χ2v) is 5.04. The van der Waals surface area contributed by atoms with Crippen LogP contribution in [0.3, 0.4) is 0 Å². The minimum atomic E-state index is -0.499. The summed E-state index contributed by atoms with van der Waals surface area (Å²) in [6.07, 6.45) is 4.07. The zero-order chi connectivity index (χ0) is 11.0. The van der Waals surface area contributed by atoms with E-state index in [1.807, 2.05) is 0 Å². The van der Waals surface area contributed by atoms with Crippen molar-refractivity contribution in [2.24, 2.45) is 0 Å². The molecule has 0 unspecified atom stereocenters. The van der Waals surface area contributed by atoms with E-state index in [0.717, 1.165) is 44.5 Å². The van der Waals surface area contributed by atoms with E-state index in [2.05, 4.69) is 24.3 Å². The van der Waals surface area contributed by atoms with Gasteiger partial charge < -0.3 is 9.84 Å². The van der Waals surface area contributed by atoms with Gasteiger partial charge in [-0.15, -0.1) is 0 Å². The van der Waals surface area contributed by atoms with Gasteiger partial charge in [0.15, 0.2) is 0 Å². The molecule has 1 heterocycles. The van der Waals surface area contributed by atoms with Gasteiger partial charge in [-0.25, -0.2) is 0 Å². The van der Waals surface area contributed by atoms with Crippen LogP contribution in [0, 0.1) is 0 Å². The van der Waals surface area contributed by atoms with E-state index in [1.165, 1.54) is 5.56 Å². The van der Waals surface area contributed by atoms with Gasteiger partial charge in [0.1, 0.15) is 0 Å². The Labute approximate surface area is 96.2 Å². The summed E-state index contributed by atoms with van der Waals surface area (Å²) < 4.78 is 5.38. The summed E-state index contributed by atoms with van der Waals surface area (Å²) in [5.41, 5.74) is 1.99. The van der Waals surface area contributed by atoms with Gasteiger partial charge in [0, 0.05) is 13.2 Å². The van der Waals surface area contributed by atoms with Crippen molar-refractivity contribution in [3.63, 3.8) is 0 Å². The Hall–Kier alpha value is -0.860. The van der Waals surface area contributed by atoms with E-state index in [-0.39, 0.29) is 0 Å². The number of aliphatic hydroxyl groups is 1. The van der Waals surface area contributed by atoms with Crippen LogP contribution in [0.15, 0.2) is 24.3 Å². The first-order valence-corrected chi connectivity index (χ1v) is 6.18. The lowest BCUT2D eigenvalue weighted by Crippen LogP contribution is -2.15. The Kier molecular flexibility index (Phi) is 2.49. The predicted molar refractivity (Wildman–Crippen MR) is 62.4 cm³/mol. The molecule has 2 nitrogen and oxygen atoms in total. The molecule has 0 radical (unpaired) electrons. The molecule has 2 heteroatoms. The Morgan fingerprint density at radius 3 is 2.62 bits per heavy atom. The Morgan fingerprint density at radius 1 is 1.19 bits per heavy atom. The van der Waals surface area contributed by atoms with Crippen LogP contribution in [0.5, 0.6) is 0 Å². The monoisotopic (exact) mass is 218 g/mol. The SMILES string of the molecule is OC1(c2cccc(C3CCOCC3)c2)CC1. The van der Waals surface area contributed by atoms with Crippen molar-refractivity contribution in [1.82, 2.24) is 0 Å². The fraction of sp³-hybridized carbons (Fsp3) is 0.571. The molecule has 1 aliphatic heterocycles. The van der Waals surface area contributed by atoms with Crippen molar-refractivity contribution >= 4 is 0 Å². The highest BCUT2D eigenvalue weighted by Gasteiger charge is 2.42. The minimum Gasteiger partial charge on any atom is -0.385 e. The van der Waals surface area contributed by atoms with Crippen LogP contribution in [-0.2, 0) is 10.3 Å². The average Bonchev–Trinajstić information content (AvgIpc) is 3.10. The molecule has 2 aliphatic rings. The van der Waals surface area contributed by atoms with Gasteiger partial charge in [-0.05, 0) is 42.7 Å². The molecule has 1 N–H and O–H groups in total. The summed E-state index contributed by atoms with van der Waals surface area (Å²) in [5.74, 6) is 0.621. The van der Waals surface area contributed by atoms with Crippen molar-refractivity contribution in [2.45, 2.75) is 37.2 Å². The lowest BCUT2D eigenvalue weighted by atomic mass is 9.90. The number of rotatable bonds is 2. The van der Waals surface area contributed by atoms with Crippen LogP contribution < -0.4 is 0 Å². The fourth-order valence-electron chi connectivity index (χ4n) is 2.52. The first-order valence-electron chi connectivity index (χ1n) is 6.18. The van der Waals surface area contributed by atoms with Crippen molar-refractivity contribution < 1.29 is 9.84 Å². The zero-order valence-corrected chi connectivity index (χ0v) is 9.48. The van der Waals surface area contributed by atoms with Gasteiger partial charge >= 0.3 is 0 Å². The summed E-state index contributed by atoms with van der Waals surface area (Å²) in [5, 5.41) is 10.1. The van der Waals surface area contributed by atoms with E-state index >= 15 is 0 Å². The van der Waals surface area contributed by atoms with Crippen molar-refractivity contribution in [3.05, 3.63) is 35.4 Å². The number of hydrogen-bond acceptors (Lipinski definition) is 2. The van der Waals surface area contributed by atoms with Crippen LogP contribution in [-0.4, -0.2) is 18.3 Å². The topological polar surface area (TPSA) is 29.5 Å². The summed E-state index contributed by atoms with van der Waals surface area (Å²) in [7, 11) is 0. The predicted octanol–water partition coefficient (Wildman–Crippen LogP) is 2.56. The molecule has 0 aromatic heterocycles. The quantitative estimate of drug-likeness (QED) is 0.826. The van der Waals surface area contributed by atoms with Crippen LogP contribution in [0.1, 0.15) is 42.7 Å². The van der Waals surface area contributed by atoms with Gasteiger partial charge in [-0.1, -0.05) is 24.3 Å². The molecule has 1 aromatic rings. The van der Waals surface area contributed by atoms with Crippen molar-refractivity contribution in [1.29, 1.82) is 0 Å². The number of benzene rings is 1. The molecule has 1 aliphatic carbocycles. The molecule has 2 fully saturated rings. The van der Waals surface area contributed by atoms with Crippen LogP contribution in [0.25, 0.3) is 0 Å². The van der Waals surface area contributed by atoms with E-state index in [1.54, 1.807) is 0 Å². The molecule has 1 saturated carbocycles. The lowest BCUT2D eigenvalue weighted by molar-refractivity contribution is 0.0852. The smallest absolute Gasteiger partial charge is 0.0899 e. The van der Waals surface area contributed by atoms with E-state index in [0.29, 0.717) is 5.92 Å². The number of hydrogen-bond donors (Lipinski definition) is 1. The molecule has 3 rings (SSSR count).